The lowest BCUT2D eigenvalue weighted by molar-refractivity contribution is -0.141. The zero-order chi connectivity index (χ0) is 14.3. The number of urea groups is 1. The van der Waals surface area contributed by atoms with Crippen LogP contribution in [0.3, 0.4) is 0 Å². The fourth-order valence-corrected chi connectivity index (χ4v) is 3.79. The number of fused-ring (bicyclic) bond motifs is 1. The van der Waals surface area contributed by atoms with Crippen LogP contribution in [0.15, 0.2) is 0 Å². The molecule has 3 unspecified atom stereocenters. The SMILES string of the molecule is CC1(N)CCCCC1C(=O)N1CCN2C(=O)NCC2C1.Cl. The highest BCUT2D eigenvalue weighted by Gasteiger charge is 2.43. The van der Waals surface area contributed by atoms with Crippen LogP contribution in [0.5, 0.6) is 0 Å². The molecule has 2 aliphatic heterocycles. The van der Waals surface area contributed by atoms with Crippen LogP contribution in [-0.2, 0) is 4.79 Å². The number of piperazine rings is 1. The van der Waals surface area contributed by atoms with Gasteiger partial charge in [0.15, 0.2) is 0 Å². The van der Waals surface area contributed by atoms with Gasteiger partial charge in [0.1, 0.15) is 0 Å². The lowest BCUT2D eigenvalue weighted by Crippen LogP contribution is -2.59. The van der Waals surface area contributed by atoms with E-state index in [1.54, 1.807) is 0 Å². The van der Waals surface area contributed by atoms with Gasteiger partial charge in [0.25, 0.3) is 0 Å². The average Bonchev–Trinajstić information content (AvgIpc) is 2.79. The number of hydrogen-bond acceptors (Lipinski definition) is 3. The van der Waals surface area contributed by atoms with Gasteiger partial charge in [-0.2, -0.15) is 0 Å². The van der Waals surface area contributed by atoms with Crippen molar-refractivity contribution in [3.63, 3.8) is 0 Å². The fraction of sp³-hybridized carbons (Fsp3) is 0.857. The first-order valence-electron chi connectivity index (χ1n) is 7.61. The largest absolute Gasteiger partial charge is 0.338 e. The van der Waals surface area contributed by atoms with Gasteiger partial charge >= 0.3 is 6.03 Å². The zero-order valence-corrected chi connectivity index (χ0v) is 13.3. The third kappa shape index (κ3) is 2.97. The zero-order valence-electron chi connectivity index (χ0n) is 12.5. The van der Waals surface area contributed by atoms with Crippen LogP contribution in [0, 0.1) is 5.92 Å². The lowest BCUT2D eigenvalue weighted by Gasteiger charge is -2.43. The Hall–Kier alpha value is -1.01. The Labute approximate surface area is 131 Å². The van der Waals surface area contributed by atoms with E-state index in [4.69, 9.17) is 5.73 Å². The number of amides is 3. The molecule has 7 heteroatoms. The predicted octanol–water partition coefficient (Wildman–Crippen LogP) is 0.552. The second kappa shape index (κ2) is 6.01. The van der Waals surface area contributed by atoms with Gasteiger partial charge in [0, 0.05) is 31.7 Å². The summed E-state index contributed by atoms with van der Waals surface area (Å²) in [6.07, 6.45) is 4.03. The van der Waals surface area contributed by atoms with Gasteiger partial charge in [0.05, 0.1) is 12.0 Å². The van der Waals surface area contributed by atoms with Crippen LogP contribution >= 0.6 is 12.4 Å². The number of hydrogen-bond donors (Lipinski definition) is 2. The van der Waals surface area contributed by atoms with Crippen LogP contribution in [0.4, 0.5) is 4.79 Å². The molecule has 2 saturated heterocycles. The maximum absolute atomic E-state index is 12.8. The van der Waals surface area contributed by atoms with E-state index in [1.165, 1.54) is 0 Å². The molecule has 3 rings (SSSR count). The molecule has 3 N–H and O–H groups in total. The number of carbonyl (C=O) groups is 2. The van der Waals surface area contributed by atoms with E-state index in [2.05, 4.69) is 5.32 Å². The summed E-state index contributed by atoms with van der Waals surface area (Å²) in [6.45, 7) is 4.56. The Balaban J connectivity index is 0.00000161. The second-order valence-electron chi connectivity index (χ2n) is 6.62. The van der Waals surface area contributed by atoms with E-state index in [0.29, 0.717) is 26.2 Å². The summed E-state index contributed by atoms with van der Waals surface area (Å²) >= 11 is 0. The Morgan fingerprint density at radius 2 is 2.14 bits per heavy atom. The number of rotatable bonds is 1. The number of halogens is 1. The number of nitrogens with one attached hydrogen (secondary N) is 1. The second-order valence-corrected chi connectivity index (χ2v) is 6.62. The minimum atomic E-state index is -0.379. The normalized spacial score (nSPS) is 35.8. The molecule has 0 radical (unpaired) electrons. The Morgan fingerprint density at radius 1 is 1.38 bits per heavy atom. The molecular formula is C14H25ClN4O2. The molecule has 0 aromatic heterocycles. The molecule has 0 bridgehead atoms. The standard InChI is InChI=1S/C14H24N4O2.ClH/c1-14(15)5-3-2-4-11(14)12(19)17-6-7-18-10(9-17)8-16-13(18)20;/h10-11H,2-9,15H2,1H3,(H,16,20);1H. The smallest absolute Gasteiger partial charge is 0.317 e. The van der Waals surface area contributed by atoms with Crippen LogP contribution in [0.2, 0.25) is 0 Å². The summed E-state index contributed by atoms with van der Waals surface area (Å²) in [5.41, 5.74) is 5.96. The topological polar surface area (TPSA) is 78.7 Å². The molecular weight excluding hydrogens is 292 g/mol. The Kier molecular flexibility index (Phi) is 4.68. The van der Waals surface area contributed by atoms with Gasteiger partial charge < -0.3 is 20.9 Å². The quantitative estimate of drug-likeness (QED) is 0.741. The van der Waals surface area contributed by atoms with Gasteiger partial charge in [-0.1, -0.05) is 12.8 Å². The molecule has 120 valence electrons. The molecule has 0 aromatic rings. The monoisotopic (exact) mass is 316 g/mol. The first-order valence-corrected chi connectivity index (χ1v) is 7.61. The summed E-state index contributed by atoms with van der Waals surface area (Å²) in [4.78, 5) is 28.1. The van der Waals surface area contributed by atoms with Crippen molar-refractivity contribution in [1.82, 2.24) is 15.1 Å². The predicted molar refractivity (Wildman–Crippen MR) is 82.3 cm³/mol. The van der Waals surface area contributed by atoms with Crippen LogP contribution in [0.25, 0.3) is 0 Å². The minimum absolute atomic E-state index is 0. The molecule has 3 atom stereocenters. The van der Waals surface area contributed by atoms with E-state index in [9.17, 15) is 9.59 Å². The highest BCUT2D eigenvalue weighted by atomic mass is 35.5. The van der Waals surface area contributed by atoms with E-state index in [-0.39, 0.29) is 41.8 Å². The first-order chi connectivity index (χ1) is 9.49. The van der Waals surface area contributed by atoms with Crippen molar-refractivity contribution in [2.75, 3.05) is 26.2 Å². The molecule has 2 heterocycles. The summed E-state index contributed by atoms with van der Waals surface area (Å²) in [5.74, 6) is 0.126. The molecule has 1 saturated carbocycles. The first kappa shape index (κ1) is 16.4. The summed E-state index contributed by atoms with van der Waals surface area (Å²) in [5, 5.41) is 2.84. The molecule has 3 aliphatic rings. The Morgan fingerprint density at radius 3 is 2.86 bits per heavy atom. The van der Waals surface area contributed by atoms with Crippen molar-refractivity contribution >= 4 is 24.3 Å². The third-order valence-corrected chi connectivity index (χ3v) is 5.10. The van der Waals surface area contributed by atoms with E-state index in [1.807, 2.05) is 16.7 Å². The molecule has 3 fully saturated rings. The van der Waals surface area contributed by atoms with Crippen LogP contribution in [-0.4, -0.2) is 59.5 Å². The highest BCUT2D eigenvalue weighted by molar-refractivity contribution is 5.85. The molecule has 1 aliphatic carbocycles. The van der Waals surface area contributed by atoms with Gasteiger partial charge in [-0.25, -0.2) is 4.79 Å². The lowest BCUT2D eigenvalue weighted by atomic mass is 9.74. The fourth-order valence-electron chi connectivity index (χ4n) is 3.79. The van der Waals surface area contributed by atoms with Gasteiger partial charge in [0.2, 0.25) is 5.91 Å². The highest BCUT2D eigenvalue weighted by Crippen LogP contribution is 2.33. The third-order valence-electron chi connectivity index (χ3n) is 5.10. The van der Waals surface area contributed by atoms with Gasteiger partial charge in [-0.3, -0.25) is 4.79 Å². The number of nitrogens with zero attached hydrogens (tertiary/aromatic N) is 2. The van der Waals surface area contributed by atoms with E-state index >= 15 is 0 Å². The maximum Gasteiger partial charge on any atom is 0.317 e. The summed E-state index contributed by atoms with van der Waals surface area (Å²) in [6, 6.07) is 0.135. The number of carbonyl (C=O) groups excluding carboxylic acids is 2. The van der Waals surface area contributed by atoms with Crippen molar-refractivity contribution in [2.45, 2.75) is 44.2 Å². The summed E-state index contributed by atoms with van der Waals surface area (Å²) in [7, 11) is 0. The average molecular weight is 317 g/mol. The van der Waals surface area contributed by atoms with E-state index in [0.717, 1.165) is 25.7 Å². The minimum Gasteiger partial charge on any atom is -0.338 e. The van der Waals surface area contributed by atoms with Crippen molar-refractivity contribution < 1.29 is 9.59 Å². The summed E-state index contributed by atoms with van der Waals surface area (Å²) < 4.78 is 0. The molecule has 6 nitrogen and oxygen atoms in total. The number of nitrogens with two attached hydrogens (primary N) is 1. The van der Waals surface area contributed by atoms with Crippen molar-refractivity contribution in [3.8, 4) is 0 Å². The van der Waals surface area contributed by atoms with Gasteiger partial charge in [-0.15, -0.1) is 12.4 Å². The molecule has 3 amide bonds. The van der Waals surface area contributed by atoms with Crippen molar-refractivity contribution in [2.24, 2.45) is 11.7 Å². The van der Waals surface area contributed by atoms with E-state index < -0.39 is 0 Å². The van der Waals surface area contributed by atoms with Gasteiger partial charge in [-0.05, 0) is 19.8 Å². The van der Waals surface area contributed by atoms with Crippen molar-refractivity contribution in [1.29, 1.82) is 0 Å². The van der Waals surface area contributed by atoms with Crippen LogP contribution in [0.1, 0.15) is 32.6 Å². The Bertz CT molecular complexity index is 429. The van der Waals surface area contributed by atoms with Crippen LogP contribution < -0.4 is 11.1 Å². The maximum atomic E-state index is 12.8. The molecule has 0 spiro atoms. The molecule has 21 heavy (non-hydrogen) atoms. The molecule has 0 aromatic carbocycles. The van der Waals surface area contributed by atoms with Crippen molar-refractivity contribution in [3.05, 3.63) is 0 Å².